The number of para-hydroxylation sites is 3. The molecule has 0 aliphatic rings. The van der Waals surface area contributed by atoms with Gasteiger partial charge in [-0.05, 0) is 83.9 Å². The first-order chi connectivity index (χ1) is 24.7. The van der Waals surface area contributed by atoms with E-state index >= 15 is 0 Å². The Labute approximate surface area is 287 Å². The summed E-state index contributed by atoms with van der Waals surface area (Å²) in [6.07, 6.45) is 0. The minimum atomic E-state index is 0.580. The van der Waals surface area contributed by atoms with Crippen molar-refractivity contribution in [2.24, 2.45) is 0 Å². The second-order valence-electron chi connectivity index (χ2n) is 12.3. The van der Waals surface area contributed by atoms with Crippen LogP contribution in [0.3, 0.4) is 0 Å². The summed E-state index contributed by atoms with van der Waals surface area (Å²) in [7, 11) is 0. The van der Waals surface area contributed by atoms with Gasteiger partial charge in [-0.1, -0.05) is 78.9 Å². The Bertz CT molecular complexity index is 2970. The third kappa shape index (κ3) is 4.31. The van der Waals surface area contributed by atoms with Crippen LogP contribution in [0.15, 0.2) is 152 Å². The molecule has 230 valence electrons. The number of benzene rings is 7. The lowest BCUT2D eigenvalue weighted by Crippen LogP contribution is -1.99. The van der Waals surface area contributed by atoms with Crippen molar-refractivity contribution in [3.63, 3.8) is 0 Å². The lowest BCUT2D eigenvalue weighted by Gasteiger charge is -2.18. The SMILES string of the molecule is N#Cc1ccc2c(c1)c1ccccc1n2-c1cccc(-c2c(C#N)cccc2-c2ccccc2-n2c3ccccc3c3cc(C#N)ccc32)c1. The Balaban J connectivity index is 1.29. The number of rotatable bonds is 4. The zero-order chi connectivity index (χ0) is 33.8. The Hall–Kier alpha value is -7.39. The molecule has 0 unspecified atom stereocenters. The van der Waals surface area contributed by atoms with Crippen LogP contribution in [0.25, 0.3) is 77.2 Å². The average Bonchev–Trinajstić information content (AvgIpc) is 3.69. The first kappa shape index (κ1) is 28.8. The summed E-state index contributed by atoms with van der Waals surface area (Å²) < 4.78 is 4.49. The van der Waals surface area contributed by atoms with Crippen molar-refractivity contribution in [3.8, 4) is 51.8 Å². The van der Waals surface area contributed by atoms with Gasteiger partial charge in [-0.15, -0.1) is 0 Å². The standard InChI is InChI=1S/C45H25N5/c46-26-29-19-21-43-38(23-29)35-13-2-4-16-40(35)49(43)33-11-7-9-31(25-33)45-32(28-48)10-8-15-37(45)34-12-1-5-17-41(34)50-42-18-6-3-14-36(42)39-24-30(27-47)20-22-44(39)50/h1-25H. The summed E-state index contributed by atoms with van der Waals surface area (Å²) in [5.41, 5.74) is 11.5. The summed E-state index contributed by atoms with van der Waals surface area (Å²) in [4.78, 5) is 0. The van der Waals surface area contributed by atoms with E-state index < -0.39 is 0 Å². The Morgan fingerprint density at radius 3 is 1.64 bits per heavy atom. The van der Waals surface area contributed by atoms with E-state index in [0.29, 0.717) is 16.7 Å². The summed E-state index contributed by atoms with van der Waals surface area (Å²) in [6.45, 7) is 0. The van der Waals surface area contributed by atoms with Crippen LogP contribution in [-0.2, 0) is 0 Å². The molecule has 9 aromatic rings. The fourth-order valence-electron chi connectivity index (χ4n) is 7.50. The molecule has 50 heavy (non-hydrogen) atoms. The van der Waals surface area contributed by atoms with Gasteiger partial charge in [0, 0.05) is 38.4 Å². The molecule has 0 aliphatic heterocycles. The average molecular weight is 636 g/mol. The molecule has 9 rings (SSSR count). The molecule has 0 spiro atoms. The molecule has 2 aromatic heterocycles. The van der Waals surface area contributed by atoms with Gasteiger partial charge in [0.15, 0.2) is 0 Å². The van der Waals surface area contributed by atoms with Crippen LogP contribution in [0.4, 0.5) is 0 Å². The normalized spacial score (nSPS) is 11.1. The van der Waals surface area contributed by atoms with E-state index in [9.17, 15) is 15.8 Å². The zero-order valence-electron chi connectivity index (χ0n) is 26.7. The van der Waals surface area contributed by atoms with Crippen molar-refractivity contribution in [1.29, 1.82) is 15.8 Å². The minimum Gasteiger partial charge on any atom is -0.309 e. The van der Waals surface area contributed by atoms with Gasteiger partial charge >= 0.3 is 0 Å². The van der Waals surface area contributed by atoms with Gasteiger partial charge in [0.1, 0.15) is 0 Å². The minimum absolute atomic E-state index is 0.580. The summed E-state index contributed by atoms with van der Waals surface area (Å²) >= 11 is 0. The topological polar surface area (TPSA) is 81.2 Å². The Morgan fingerprint density at radius 1 is 0.400 bits per heavy atom. The van der Waals surface area contributed by atoms with Gasteiger partial charge < -0.3 is 9.13 Å². The zero-order valence-corrected chi connectivity index (χ0v) is 26.7. The highest BCUT2D eigenvalue weighted by Crippen LogP contribution is 2.42. The molecule has 0 aliphatic carbocycles. The number of hydrogen-bond donors (Lipinski definition) is 0. The second-order valence-corrected chi connectivity index (χ2v) is 12.3. The number of hydrogen-bond acceptors (Lipinski definition) is 3. The molecular formula is C45H25N5. The first-order valence-corrected chi connectivity index (χ1v) is 16.3. The van der Waals surface area contributed by atoms with E-state index in [2.05, 4.69) is 88.0 Å². The van der Waals surface area contributed by atoms with Gasteiger partial charge in [-0.3, -0.25) is 0 Å². The third-order valence-electron chi connectivity index (χ3n) is 9.62. The molecule has 0 amide bonds. The molecule has 0 saturated heterocycles. The van der Waals surface area contributed by atoms with Crippen molar-refractivity contribution in [2.45, 2.75) is 0 Å². The van der Waals surface area contributed by atoms with E-state index in [4.69, 9.17) is 0 Å². The van der Waals surface area contributed by atoms with Crippen molar-refractivity contribution in [2.75, 3.05) is 0 Å². The fourth-order valence-corrected chi connectivity index (χ4v) is 7.50. The Morgan fingerprint density at radius 2 is 0.960 bits per heavy atom. The van der Waals surface area contributed by atoms with Crippen LogP contribution in [-0.4, -0.2) is 9.13 Å². The second kappa shape index (κ2) is 11.4. The van der Waals surface area contributed by atoms with Gasteiger partial charge in [0.05, 0.1) is 62.7 Å². The molecule has 0 radical (unpaired) electrons. The van der Waals surface area contributed by atoms with Gasteiger partial charge in [-0.25, -0.2) is 0 Å². The molecule has 0 atom stereocenters. The highest BCUT2D eigenvalue weighted by Gasteiger charge is 2.20. The summed E-state index contributed by atoms with van der Waals surface area (Å²) in [6, 6.07) is 57.8. The van der Waals surface area contributed by atoms with Crippen LogP contribution in [0.2, 0.25) is 0 Å². The molecule has 7 aromatic carbocycles. The van der Waals surface area contributed by atoms with Crippen LogP contribution < -0.4 is 0 Å². The number of nitrogens with zero attached hydrogens (tertiary/aromatic N) is 5. The van der Waals surface area contributed by atoms with Crippen molar-refractivity contribution in [1.82, 2.24) is 9.13 Å². The lowest BCUT2D eigenvalue weighted by atomic mass is 9.90. The quantitative estimate of drug-likeness (QED) is 0.193. The monoisotopic (exact) mass is 635 g/mol. The predicted molar refractivity (Wildman–Crippen MR) is 200 cm³/mol. The van der Waals surface area contributed by atoms with Crippen LogP contribution >= 0.6 is 0 Å². The van der Waals surface area contributed by atoms with E-state index in [-0.39, 0.29) is 0 Å². The number of nitriles is 3. The van der Waals surface area contributed by atoms with Gasteiger partial charge in [-0.2, -0.15) is 15.8 Å². The van der Waals surface area contributed by atoms with E-state index in [1.54, 1.807) is 0 Å². The van der Waals surface area contributed by atoms with E-state index in [0.717, 1.165) is 77.2 Å². The van der Waals surface area contributed by atoms with Crippen molar-refractivity contribution >= 4 is 43.6 Å². The van der Waals surface area contributed by atoms with Crippen LogP contribution in [0.5, 0.6) is 0 Å². The number of fused-ring (bicyclic) bond motifs is 6. The smallest absolute Gasteiger partial charge is 0.0998 e. The maximum atomic E-state index is 10.5. The molecule has 2 heterocycles. The first-order valence-electron chi connectivity index (χ1n) is 16.3. The highest BCUT2D eigenvalue weighted by molar-refractivity contribution is 6.11. The molecule has 0 fully saturated rings. The highest BCUT2D eigenvalue weighted by atomic mass is 15.0. The molecular weight excluding hydrogens is 611 g/mol. The molecule has 0 saturated carbocycles. The maximum absolute atomic E-state index is 10.5. The fraction of sp³-hybridized carbons (Fsp3) is 0. The van der Waals surface area contributed by atoms with Gasteiger partial charge in [0.2, 0.25) is 0 Å². The van der Waals surface area contributed by atoms with Crippen LogP contribution in [0.1, 0.15) is 16.7 Å². The van der Waals surface area contributed by atoms with Crippen molar-refractivity contribution < 1.29 is 0 Å². The molecule has 5 nitrogen and oxygen atoms in total. The summed E-state index contributed by atoms with van der Waals surface area (Å²) in [5.74, 6) is 0. The molecule has 0 N–H and O–H groups in total. The van der Waals surface area contributed by atoms with E-state index in [1.807, 2.05) is 91.0 Å². The largest absolute Gasteiger partial charge is 0.309 e. The Kier molecular flexibility index (Phi) is 6.56. The number of aromatic nitrogens is 2. The molecule has 0 bridgehead atoms. The maximum Gasteiger partial charge on any atom is 0.0998 e. The van der Waals surface area contributed by atoms with Gasteiger partial charge in [0.25, 0.3) is 0 Å². The van der Waals surface area contributed by atoms with E-state index in [1.165, 1.54) is 0 Å². The van der Waals surface area contributed by atoms with Crippen LogP contribution in [0, 0.1) is 34.0 Å². The lowest BCUT2D eigenvalue weighted by molar-refractivity contribution is 1.18. The third-order valence-corrected chi connectivity index (χ3v) is 9.62. The summed E-state index contributed by atoms with van der Waals surface area (Å²) in [5, 5.41) is 34.0. The predicted octanol–water partition coefficient (Wildman–Crippen LogP) is 10.8. The van der Waals surface area contributed by atoms with Crippen molar-refractivity contribution in [3.05, 3.63) is 168 Å². The molecule has 5 heteroatoms.